The van der Waals surface area contributed by atoms with E-state index in [9.17, 15) is 0 Å². The lowest BCUT2D eigenvalue weighted by molar-refractivity contribution is 0.881. The third kappa shape index (κ3) is 8.30. The minimum atomic E-state index is 0.550. The molecular weight excluding hydrogens is 873 g/mol. The summed E-state index contributed by atoms with van der Waals surface area (Å²) in [5.74, 6) is 2.20. The Morgan fingerprint density at radius 2 is 0.357 bits per heavy atom. The maximum absolute atomic E-state index is 4.14. The average Bonchev–Trinajstić information content (AvgIpc) is 4.31. The van der Waals surface area contributed by atoms with Crippen molar-refractivity contribution in [3.8, 4) is 90.1 Å². The molecule has 0 spiro atoms. The Hall–Kier alpha value is -10.2. The molecule has 16 heteroatoms. The lowest BCUT2D eigenvalue weighted by Crippen LogP contribution is -1.98. The number of benzene rings is 8. The smallest absolute Gasteiger partial charge is 0.177 e. The van der Waals surface area contributed by atoms with E-state index < -0.39 is 0 Å². The highest BCUT2D eigenvalue weighted by molar-refractivity contribution is 6.05. The standard InChI is InChI=1S/C54H36N16/c1-17-41(18-2-33(1)37-9-25-45(26-10-37)51-55-63-64-56-51)49(42-19-3-34(4-20-42)38-11-27-46(28-12-38)52-57-65-66-58-52)50(43-21-5-35(6-22-43)39-13-29-47(30-14-39)53-59-67-68-60-53)44-23-7-36(8-24-44)40-15-31-48(32-16-40)54-61-69-70-62-54/h1-32H,(H,55,56,63,64)(H,57,58,65,66)(H,59,60,67,68)(H,61,62,69,70). The summed E-state index contributed by atoms with van der Waals surface area (Å²) in [7, 11) is 0. The van der Waals surface area contributed by atoms with E-state index in [0.29, 0.717) is 23.3 Å². The van der Waals surface area contributed by atoms with Crippen molar-refractivity contribution in [3.63, 3.8) is 0 Å². The molecule has 0 bridgehead atoms. The van der Waals surface area contributed by atoms with Gasteiger partial charge in [-0.25, -0.2) is 0 Å². The molecule has 4 heterocycles. The number of aromatic nitrogens is 16. The Morgan fingerprint density at radius 1 is 0.200 bits per heavy atom. The summed E-state index contributed by atoms with van der Waals surface area (Å²) < 4.78 is 0. The highest BCUT2D eigenvalue weighted by Gasteiger charge is 2.19. The van der Waals surface area contributed by atoms with Crippen molar-refractivity contribution >= 4 is 11.1 Å². The number of aromatic amines is 4. The van der Waals surface area contributed by atoms with Crippen LogP contribution in [0.3, 0.4) is 0 Å². The van der Waals surface area contributed by atoms with Gasteiger partial charge >= 0.3 is 0 Å². The highest BCUT2D eigenvalue weighted by atomic mass is 15.5. The molecule has 0 aliphatic rings. The summed E-state index contributed by atoms with van der Waals surface area (Å²) in [6, 6.07) is 67.8. The first-order valence-corrected chi connectivity index (χ1v) is 22.2. The highest BCUT2D eigenvalue weighted by Crippen LogP contribution is 2.40. The van der Waals surface area contributed by atoms with E-state index in [-0.39, 0.29) is 0 Å². The van der Waals surface area contributed by atoms with Crippen molar-refractivity contribution in [1.29, 1.82) is 0 Å². The zero-order valence-corrected chi connectivity index (χ0v) is 36.8. The molecular formula is C54H36N16. The van der Waals surface area contributed by atoms with Crippen LogP contribution < -0.4 is 0 Å². The van der Waals surface area contributed by atoms with E-state index in [0.717, 1.165) is 100 Å². The number of hydrogen-bond acceptors (Lipinski definition) is 12. The minimum absolute atomic E-state index is 0.550. The quantitative estimate of drug-likeness (QED) is 0.0842. The SMILES string of the molecule is c1cc(-c2ccc(-c3nn[nH]n3)cc2)ccc1C(=C(c1ccc(-c2ccc(-c3nn[nH]n3)cc2)cc1)c1ccc(-c2ccc(-c3nn[nH]n3)cc2)cc1)c1ccc(-c2ccc(-c3nn[nH]n3)cc2)cc1. The van der Waals surface area contributed by atoms with Gasteiger partial charge < -0.3 is 0 Å². The molecule has 12 aromatic rings. The first-order valence-electron chi connectivity index (χ1n) is 22.2. The largest absolute Gasteiger partial charge is 0.204 e. The fraction of sp³-hybridized carbons (Fsp3) is 0. The first-order chi connectivity index (χ1) is 34.7. The molecule has 12 rings (SSSR count). The molecule has 4 aromatic heterocycles. The summed E-state index contributed by atoms with van der Waals surface area (Å²) in [4.78, 5) is 0. The molecule has 332 valence electrons. The second-order valence-corrected chi connectivity index (χ2v) is 16.3. The zero-order valence-electron chi connectivity index (χ0n) is 36.8. The molecule has 0 atom stereocenters. The Bertz CT molecular complexity index is 3150. The Labute approximate surface area is 398 Å². The van der Waals surface area contributed by atoms with Crippen molar-refractivity contribution in [2.75, 3.05) is 0 Å². The monoisotopic (exact) mass is 908 g/mol. The topological polar surface area (TPSA) is 218 Å². The number of tetrazole rings is 4. The second-order valence-electron chi connectivity index (χ2n) is 16.3. The number of rotatable bonds is 12. The zero-order chi connectivity index (χ0) is 46.6. The van der Waals surface area contributed by atoms with Crippen molar-refractivity contribution < 1.29 is 0 Å². The second kappa shape index (κ2) is 18.2. The predicted octanol–water partition coefficient (Wildman–Crippen LogP) is 10.1. The van der Waals surface area contributed by atoms with E-state index >= 15 is 0 Å². The van der Waals surface area contributed by atoms with E-state index in [1.807, 2.05) is 48.5 Å². The van der Waals surface area contributed by atoms with Crippen LogP contribution in [0.1, 0.15) is 22.3 Å². The van der Waals surface area contributed by atoms with E-state index in [4.69, 9.17) is 0 Å². The molecule has 0 aliphatic heterocycles. The maximum Gasteiger partial charge on any atom is 0.204 e. The van der Waals surface area contributed by atoms with E-state index in [1.54, 1.807) is 0 Å². The van der Waals surface area contributed by atoms with Crippen molar-refractivity contribution in [2.24, 2.45) is 0 Å². The third-order valence-corrected chi connectivity index (χ3v) is 12.2. The van der Waals surface area contributed by atoms with Crippen molar-refractivity contribution in [2.45, 2.75) is 0 Å². The van der Waals surface area contributed by atoms with Gasteiger partial charge in [-0.2, -0.15) is 20.9 Å². The van der Waals surface area contributed by atoms with Crippen LogP contribution in [-0.2, 0) is 0 Å². The fourth-order valence-corrected chi connectivity index (χ4v) is 8.61. The molecule has 0 radical (unpaired) electrons. The molecule has 0 amide bonds. The van der Waals surface area contributed by atoms with Crippen molar-refractivity contribution in [3.05, 3.63) is 216 Å². The maximum atomic E-state index is 4.14. The Balaban J connectivity index is 0.973. The summed E-state index contributed by atoms with van der Waals surface area (Å²) in [5.41, 5.74) is 18.5. The fourth-order valence-electron chi connectivity index (χ4n) is 8.61. The summed E-state index contributed by atoms with van der Waals surface area (Å²) in [6.07, 6.45) is 0. The normalized spacial score (nSPS) is 11.1. The molecule has 16 nitrogen and oxygen atoms in total. The molecule has 4 N–H and O–H groups in total. The molecule has 0 aliphatic carbocycles. The van der Waals surface area contributed by atoms with Gasteiger partial charge in [-0.15, -0.1) is 40.8 Å². The number of nitrogens with zero attached hydrogens (tertiary/aromatic N) is 12. The first kappa shape index (κ1) is 41.2. The Kier molecular flexibility index (Phi) is 10.7. The summed E-state index contributed by atoms with van der Waals surface area (Å²) >= 11 is 0. The molecule has 0 saturated heterocycles. The summed E-state index contributed by atoms with van der Waals surface area (Å²) in [6.45, 7) is 0. The van der Waals surface area contributed by atoms with Gasteiger partial charge in [-0.05, 0) is 98.8 Å². The van der Waals surface area contributed by atoms with Crippen LogP contribution in [0.15, 0.2) is 194 Å². The van der Waals surface area contributed by atoms with Gasteiger partial charge in [0.15, 0.2) is 0 Å². The van der Waals surface area contributed by atoms with Gasteiger partial charge in [0.05, 0.1) is 0 Å². The molecule has 0 fully saturated rings. The van der Waals surface area contributed by atoms with Crippen LogP contribution in [0.5, 0.6) is 0 Å². The van der Waals surface area contributed by atoms with Gasteiger partial charge in [-0.1, -0.05) is 194 Å². The predicted molar refractivity (Wildman–Crippen MR) is 265 cm³/mol. The van der Waals surface area contributed by atoms with Crippen molar-refractivity contribution in [1.82, 2.24) is 82.5 Å². The van der Waals surface area contributed by atoms with Gasteiger partial charge in [0.2, 0.25) is 23.3 Å². The molecule has 0 saturated carbocycles. The lowest BCUT2D eigenvalue weighted by atomic mass is 9.84. The Morgan fingerprint density at radius 3 is 0.514 bits per heavy atom. The molecule has 70 heavy (non-hydrogen) atoms. The van der Waals surface area contributed by atoms with Crippen LogP contribution >= 0.6 is 0 Å². The number of nitrogens with one attached hydrogen (secondary N) is 4. The van der Waals surface area contributed by atoms with Gasteiger partial charge in [0.25, 0.3) is 0 Å². The lowest BCUT2D eigenvalue weighted by Gasteiger charge is -2.20. The van der Waals surface area contributed by atoms with E-state index in [2.05, 4.69) is 228 Å². The van der Waals surface area contributed by atoms with Gasteiger partial charge in [-0.3, -0.25) is 0 Å². The van der Waals surface area contributed by atoms with E-state index in [1.165, 1.54) is 0 Å². The molecule has 0 unspecified atom stereocenters. The van der Waals surface area contributed by atoms with Gasteiger partial charge in [0.1, 0.15) is 0 Å². The summed E-state index contributed by atoms with van der Waals surface area (Å²) in [5, 5.41) is 58.1. The number of hydrogen-bond donors (Lipinski definition) is 4. The third-order valence-electron chi connectivity index (χ3n) is 12.2. The number of H-pyrrole nitrogens is 4. The average molecular weight is 909 g/mol. The van der Waals surface area contributed by atoms with Crippen LogP contribution in [0, 0.1) is 0 Å². The van der Waals surface area contributed by atoms with Crippen LogP contribution in [0.25, 0.3) is 101 Å². The van der Waals surface area contributed by atoms with Gasteiger partial charge in [0, 0.05) is 22.3 Å². The van der Waals surface area contributed by atoms with Crippen LogP contribution in [-0.4, -0.2) is 82.5 Å². The minimum Gasteiger partial charge on any atom is -0.177 e. The molecule has 8 aromatic carbocycles. The van der Waals surface area contributed by atoms with Crippen LogP contribution in [0.4, 0.5) is 0 Å². The van der Waals surface area contributed by atoms with Crippen LogP contribution in [0.2, 0.25) is 0 Å².